The average molecular weight is 1450 g/mol. The molecule has 0 aliphatic rings. The van der Waals surface area contributed by atoms with Gasteiger partial charge in [-0.15, -0.1) is 0 Å². The van der Waals surface area contributed by atoms with Gasteiger partial charge in [-0.25, -0.2) is 9.13 Å². The van der Waals surface area contributed by atoms with Crippen LogP contribution in [0.4, 0.5) is 0 Å². The van der Waals surface area contributed by atoms with Crippen molar-refractivity contribution in [2.75, 3.05) is 39.6 Å². The van der Waals surface area contributed by atoms with Gasteiger partial charge in [-0.05, 0) is 161 Å². The molecular formula is C83H134O16P2. The van der Waals surface area contributed by atoms with Gasteiger partial charge in [0.2, 0.25) is 0 Å². The SMILES string of the molecule is CC/C=C\C/C=C\C/C=C\C/C=C\C/C=C\C/C=C\CCCCC(=O)OCC(COP(=O)(O)OCC(O)COP(=O)(O)OCC(O)COC(=O)CCCCCCCCC/C=C\C/C=C\C/C=C\C/C=C\CCCCC)OC(=O)CCCCCCC/C=C\C/C=C\C/C=C\C/C=C\C/C=C\CC. The summed E-state index contributed by atoms with van der Waals surface area (Å²) in [6.07, 6.45) is 95.0. The number of hydrogen-bond donors (Lipinski definition) is 4. The molecule has 101 heavy (non-hydrogen) atoms. The highest BCUT2D eigenvalue weighted by Gasteiger charge is 2.29. The van der Waals surface area contributed by atoms with Crippen molar-refractivity contribution in [2.45, 2.75) is 283 Å². The Morgan fingerprint density at radius 1 is 0.287 bits per heavy atom. The third kappa shape index (κ3) is 75.6. The summed E-state index contributed by atoms with van der Waals surface area (Å²) in [5.74, 6) is -1.67. The lowest BCUT2D eigenvalue weighted by molar-refractivity contribution is -0.161. The number of aliphatic hydroxyl groups is 2. The molecule has 0 aromatic heterocycles. The van der Waals surface area contributed by atoms with Crippen molar-refractivity contribution < 1.29 is 75.8 Å². The molecule has 4 N–H and O–H groups in total. The van der Waals surface area contributed by atoms with Crippen molar-refractivity contribution in [2.24, 2.45) is 0 Å². The van der Waals surface area contributed by atoms with Crippen LogP contribution in [0.5, 0.6) is 0 Å². The van der Waals surface area contributed by atoms with Crippen molar-refractivity contribution in [1.82, 2.24) is 0 Å². The summed E-state index contributed by atoms with van der Waals surface area (Å²) in [6, 6.07) is 0. The van der Waals surface area contributed by atoms with E-state index in [1.165, 1.54) is 25.7 Å². The molecule has 0 amide bonds. The second kappa shape index (κ2) is 74.4. The molecule has 18 heteroatoms. The molecule has 16 nitrogen and oxygen atoms in total. The fraction of sp³-hybridized carbons (Fsp3) is 0.602. The molecule has 5 unspecified atom stereocenters. The van der Waals surface area contributed by atoms with E-state index in [4.69, 9.17) is 32.3 Å². The lowest BCUT2D eigenvalue weighted by Gasteiger charge is -2.21. The molecule has 0 radical (unpaired) electrons. The molecule has 0 heterocycles. The van der Waals surface area contributed by atoms with Crippen molar-refractivity contribution in [3.8, 4) is 0 Å². The van der Waals surface area contributed by atoms with E-state index in [-0.39, 0.29) is 19.3 Å². The van der Waals surface area contributed by atoms with Crippen molar-refractivity contribution in [3.05, 3.63) is 182 Å². The molecular weight excluding hydrogens is 1310 g/mol. The third-order valence-corrected chi connectivity index (χ3v) is 17.0. The smallest absolute Gasteiger partial charge is 0.463 e. The molecule has 0 bridgehead atoms. The van der Waals surface area contributed by atoms with Crippen LogP contribution < -0.4 is 0 Å². The van der Waals surface area contributed by atoms with Gasteiger partial charge >= 0.3 is 33.6 Å². The van der Waals surface area contributed by atoms with Crippen molar-refractivity contribution in [1.29, 1.82) is 0 Å². The van der Waals surface area contributed by atoms with Crippen LogP contribution in [0, 0.1) is 0 Å². The minimum atomic E-state index is -4.96. The largest absolute Gasteiger partial charge is 0.472 e. The quantitative estimate of drug-likeness (QED) is 0.0146. The first-order valence-electron chi connectivity index (χ1n) is 38.1. The highest BCUT2D eigenvalue weighted by Crippen LogP contribution is 2.45. The first kappa shape index (κ1) is 95.6. The fourth-order valence-electron chi connectivity index (χ4n) is 9.35. The molecule has 0 aromatic carbocycles. The Morgan fingerprint density at radius 3 is 0.851 bits per heavy atom. The van der Waals surface area contributed by atoms with Gasteiger partial charge in [0.1, 0.15) is 25.4 Å². The van der Waals surface area contributed by atoms with Crippen LogP contribution in [0.3, 0.4) is 0 Å². The summed E-state index contributed by atoms with van der Waals surface area (Å²) >= 11 is 0. The predicted octanol–water partition coefficient (Wildman–Crippen LogP) is 22.2. The van der Waals surface area contributed by atoms with Crippen molar-refractivity contribution >= 4 is 33.6 Å². The molecule has 0 fully saturated rings. The predicted molar refractivity (Wildman–Crippen MR) is 417 cm³/mol. The lowest BCUT2D eigenvalue weighted by Crippen LogP contribution is -2.30. The van der Waals surface area contributed by atoms with Gasteiger partial charge in [-0.2, -0.15) is 0 Å². The van der Waals surface area contributed by atoms with E-state index in [1.807, 2.05) is 0 Å². The van der Waals surface area contributed by atoms with Gasteiger partial charge in [-0.3, -0.25) is 32.5 Å². The van der Waals surface area contributed by atoms with Crippen LogP contribution in [0.15, 0.2) is 182 Å². The highest BCUT2D eigenvalue weighted by molar-refractivity contribution is 7.47. The maximum absolute atomic E-state index is 13.0. The van der Waals surface area contributed by atoms with Crippen LogP contribution in [0.25, 0.3) is 0 Å². The number of allylic oxidation sites excluding steroid dienone is 30. The number of rotatable bonds is 70. The van der Waals surface area contributed by atoms with Gasteiger partial charge in [-0.1, -0.05) is 267 Å². The van der Waals surface area contributed by atoms with Gasteiger partial charge in [0.15, 0.2) is 6.10 Å². The number of carbonyl (C=O) groups is 3. The average Bonchev–Trinajstić information content (AvgIpc) is 0.972. The molecule has 5 atom stereocenters. The number of phosphoric acid groups is 2. The van der Waals surface area contributed by atoms with E-state index >= 15 is 0 Å². The molecule has 0 aliphatic carbocycles. The van der Waals surface area contributed by atoms with Crippen LogP contribution in [-0.2, 0) is 55.8 Å². The summed E-state index contributed by atoms with van der Waals surface area (Å²) in [6.45, 7) is 2.31. The summed E-state index contributed by atoms with van der Waals surface area (Å²) in [5.41, 5.74) is 0. The summed E-state index contributed by atoms with van der Waals surface area (Å²) in [5, 5.41) is 20.6. The monoisotopic (exact) mass is 1450 g/mol. The number of phosphoric ester groups is 2. The van der Waals surface area contributed by atoms with Gasteiger partial charge in [0.05, 0.1) is 26.4 Å². The fourth-order valence-corrected chi connectivity index (χ4v) is 10.9. The minimum absolute atomic E-state index is 0.0638. The Labute approximate surface area is 611 Å². The van der Waals surface area contributed by atoms with E-state index < -0.39 is 91.5 Å². The number of hydrogen-bond acceptors (Lipinski definition) is 14. The van der Waals surface area contributed by atoms with Crippen LogP contribution in [-0.4, -0.2) is 95.9 Å². The third-order valence-electron chi connectivity index (χ3n) is 15.1. The topological polar surface area (TPSA) is 231 Å². The number of esters is 3. The summed E-state index contributed by atoms with van der Waals surface area (Å²) in [7, 11) is -9.83. The Morgan fingerprint density at radius 2 is 0.525 bits per heavy atom. The van der Waals surface area contributed by atoms with E-state index in [2.05, 4.69) is 203 Å². The maximum atomic E-state index is 13.0. The van der Waals surface area contributed by atoms with Crippen LogP contribution in [0.1, 0.15) is 265 Å². The zero-order chi connectivity index (χ0) is 73.7. The first-order valence-corrected chi connectivity index (χ1v) is 41.1. The zero-order valence-electron chi connectivity index (χ0n) is 62.2. The second-order valence-electron chi connectivity index (χ2n) is 24.7. The Balaban J connectivity index is 4.80. The van der Waals surface area contributed by atoms with Crippen LogP contribution >= 0.6 is 15.6 Å². The van der Waals surface area contributed by atoms with Gasteiger partial charge in [0, 0.05) is 19.3 Å². The summed E-state index contributed by atoms with van der Waals surface area (Å²) in [4.78, 5) is 58.6. The molecule has 0 aliphatic heterocycles. The molecule has 0 saturated carbocycles. The Kier molecular flexibility index (Phi) is 70.4. The number of carbonyl (C=O) groups excluding carboxylic acids is 3. The normalized spacial score (nSPS) is 15.0. The van der Waals surface area contributed by atoms with Gasteiger partial charge < -0.3 is 34.2 Å². The Hall–Kier alpha value is -5.35. The molecule has 0 rings (SSSR count). The van der Waals surface area contributed by atoms with Crippen molar-refractivity contribution in [3.63, 3.8) is 0 Å². The Bertz CT molecular complexity index is 2570. The molecule has 0 spiro atoms. The second-order valence-corrected chi connectivity index (χ2v) is 27.6. The highest BCUT2D eigenvalue weighted by atomic mass is 31.2. The molecule has 0 saturated heterocycles. The van der Waals surface area contributed by atoms with E-state index in [1.54, 1.807) is 0 Å². The van der Waals surface area contributed by atoms with E-state index in [0.717, 1.165) is 180 Å². The van der Waals surface area contributed by atoms with E-state index in [9.17, 15) is 43.5 Å². The number of unbranched alkanes of at least 4 members (excludes halogenated alkanes) is 17. The molecule has 0 aromatic rings. The van der Waals surface area contributed by atoms with Gasteiger partial charge in [0.25, 0.3) is 0 Å². The number of ether oxygens (including phenoxy) is 3. The maximum Gasteiger partial charge on any atom is 0.472 e. The lowest BCUT2D eigenvalue weighted by atomic mass is 10.1. The minimum Gasteiger partial charge on any atom is -0.463 e. The van der Waals surface area contributed by atoms with E-state index in [0.29, 0.717) is 19.3 Å². The number of aliphatic hydroxyl groups excluding tert-OH is 2. The summed E-state index contributed by atoms with van der Waals surface area (Å²) < 4.78 is 61.1. The van der Waals surface area contributed by atoms with Crippen LogP contribution in [0.2, 0.25) is 0 Å². The molecule has 572 valence electrons. The standard InChI is InChI=1S/C83H134O16P2/c1-4-7-10-13-16-19-22-25-28-31-34-37-38-41-43-45-48-51-54-57-60-63-66-69-81(86)93-72-78(84)73-95-100(89,90)96-74-79(85)75-97-101(91,92)98-77-80(99-83(88)71-68-65-62-59-56-53-50-47-44-40-36-33-30-27-24-21-18-15-12-9-6-3)76-94-82(87)70-67-64-61-58-55-52-49-46-42-39-35-32-29-26-23-20-17-14-11-8-5-2/h8-9,11-12,16-21,25-30,34-37,39-41,43,46-47,49-50,55,58,78-80,84-85H,4-7,10,13-15,22-24,31-33,38,42,44-45,48,51-54,56-57,59-77H2,1-3H3,(H,89,90)(H,91,92)/b11-8-,12-9-,19-16-,20-17-,21-18-,28-25-,29-26-,30-27-,37-34-,39-35-,40-36-,43-41-,49-46-,50-47-,58-55-. The first-order chi connectivity index (χ1) is 49.2. The zero-order valence-corrected chi connectivity index (χ0v) is 64.0.